The maximum absolute atomic E-state index is 12.6. The van der Waals surface area contributed by atoms with Crippen LogP contribution in [0, 0.1) is 13.8 Å². The first-order valence-electron chi connectivity index (χ1n) is 8.17. The fraction of sp³-hybridized carbons (Fsp3) is 0.625. The molecule has 0 aromatic carbocycles. The van der Waals surface area contributed by atoms with Gasteiger partial charge in [0.1, 0.15) is 11.6 Å². The summed E-state index contributed by atoms with van der Waals surface area (Å²) in [4.78, 5) is 23.4. The number of carbonyl (C=O) groups excluding carboxylic acids is 1. The number of aromatic nitrogens is 4. The molecule has 1 amide bonds. The molecule has 124 valence electrons. The van der Waals surface area contributed by atoms with Gasteiger partial charge in [-0.25, -0.2) is 14.6 Å². The summed E-state index contributed by atoms with van der Waals surface area (Å²) in [5.41, 5.74) is 0.895. The maximum atomic E-state index is 12.6. The maximum Gasteiger partial charge on any atom is 0.228 e. The van der Waals surface area contributed by atoms with Gasteiger partial charge in [-0.05, 0) is 33.1 Å². The third-order valence-corrected chi connectivity index (χ3v) is 5.28. The first kappa shape index (κ1) is 16.1. The van der Waals surface area contributed by atoms with Gasteiger partial charge in [0.15, 0.2) is 0 Å². The van der Waals surface area contributed by atoms with Crippen molar-refractivity contribution in [1.29, 1.82) is 0 Å². The lowest BCUT2D eigenvalue weighted by Gasteiger charge is -2.33. The summed E-state index contributed by atoms with van der Waals surface area (Å²) in [7, 11) is 0. The van der Waals surface area contributed by atoms with Crippen LogP contribution in [0.5, 0.6) is 0 Å². The Morgan fingerprint density at radius 3 is 2.87 bits per heavy atom. The van der Waals surface area contributed by atoms with Crippen LogP contribution in [-0.4, -0.2) is 43.6 Å². The van der Waals surface area contributed by atoms with Crippen LogP contribution >= 0.6 is 11.3 Å². The minimum Gasteiger partial charge on any atom is -0.340 e. The van der Waals surface area contributed by atoms with Gasteiger partial charge < -0.3 is 4.90 Å². The predicted molar refractivity (Wildman–Crippen MR) is 89.5 cm³/mol. The minimum absolute atomic E-state index is 0.164. The number of rotatable bonds is 4. The Morgan fingerprint density at radius 1 is 1.39 bits per heavy atom. The molecule has 23 heavy (non-hydrogen) atoms. The molecule has 0 saturated carbocycles. The lowest BCUT2D eigenvalue weighted by Crippen LogP contribution is -2.42. The lowest BCUT2D eigenvalue weighted by atomic mass is 10.1. The van der Waals surface area contributed by atoms with E-state index in [1.165, 1.54) is 0 Å². The van der Waals surface area contributed by atoms with Gasteiger partial charge in [-0.15, -0.1) is 11.3 Å². The highest BCUT2D eigenvalue weighted by Gasteiger charge is 2.26. The van der Waals surface area contributed by atoms with E-state index >= 15 is 0 Å². The van der Waals surface area contributed by atoms with Gasteiger partial charge in [0, 0.05) is 18.5 Å². The van der Waals surface area contributed by atoms with Crippen molar-refractivity contribution >= 4 is 17.2 Å². The number of hydrogen-bond donors (Lipinski definition) is 0. The van der Waals surface area contributed by atoms with Crippen molar-refractivity contribution in [2.75, 3.05) is 13.1 Å². The number of hydrogen-bond acceptors (Lipinski definition) is 5. The SMILES string of the molecule is CCc1nc(CC(=O)N2CCCC(n3nc(C)nc3C)C2)cs1. The molecule has 1 fully saturated rings. The lowest BCUT2D eigenvalue weighted by molar-refractivity contribution is -0.132. The van der Waals surface area contributed by atoms with Crippen molar-refractivity contribution in [3.8, 4) is 0 Å². The third-order valence-electron chi connectivity index (χ3n) is 4.24. The molecule has 0 radical (unpaired) electrons. The third kappa shape index (κ3) is 3.60. The monoisotopic (exact) mass is 333 g/mol. The number of piperidine rings is 1. The Morgan fingerprint density at radius 2 is 2.22 bits per heavy atom. The first-order chi connectivity index (χ1) is 11.1. The highest BCUT2D eigenvalue weighted by atomic mass is 32.1. The molecule has 3 heterocycles. The van der Waals surface area contributed by atoms with E-state index in [9.17, 15) is 4.79 Å². The average Bonchev–Trinajstić information content (AvgIpc) is 3.13. The van der Waals surface area contributed by atoms with E-state index < -0.39 is 0 Å². The van der Waals surface area contributed by atoms with Crippen molar-refractivity contribution in [2.24, 2.45) is 0 Å². The fourth-order valence-electron chi connectivity index (χ4n) is 3.12. The van der Waals surface area contributed by atoms with E-state index in [0.717, 1.165) is 48.2 Å². The first-order valence-corrected chi connectivity index (χ1v) is 9.05. The molecule has 0 N–H and O–H groups in total. The van der Waals surface area contributed by atoms with Crippen LogP contribution in [0.2, 0.25) is 0 Å². The Hall–Kier alpha value is -1.76. The van der Waals surface area contributed by atoms with Gasteiger partial charge in [0.2, 0.25) is 5.91 Å². The molecule has 7 heteroatoms. The van der Waals surface area contributed by atoms with Gasteiger partial charge >= 0.3 is 0 Å². The average molecular weight is 333 g/mol. The van der Waals surface area contributed by atoms with Gasteiger partial charge in [0.05, 0.1) is 23.2 Å². The van der Waals surface area contributed by atoms with Gasteiger partial charge in [-0.1, -0.05) is 6.92 Å². The zero-order chi connectivity index (χ0) is 16.4. The summed E-state index contributed by atoms with van der Waals surface area (Å²) < 4.78 is 1.98. The summed E-state index contributed by atoms with van der Waals surface area (Å²) >= 11 is 1.64. The second-order valence-electron chi connectivity index (χ2n) is 6.05. The van der Waals surface area contributed by atoms with E-state index in [-0.39, 0.29) is 11.9 Å². The molecule has 0 bridgehead atoms. The van der Waals surface area contributed by atoms with E-state index in [1.54, 1.807) is 11.3 Å². The highest BCUT2D eigenvalue weighted by molar-refractivity contribution is 7.09. The van der Waals surface area contributed by atoms with E-state index in [4.69, 9.17) is 0 Å². The summed E-state index contributed by atoms with van der Waals surface area (Å²) in [6, 6.07) is 0.232. The molecule has 2 aromatic rings. The summed E-state index contributed by atoms with van der Waals surface area (Å²) in [6.45, 7) is 7.51. The van der Waals surface area contributed by atoms with Crippen molar-refractivity contribution in [3.05, 3.63) is 27.7 Å². The molecule has 1 unspecified atom stereocenters. The van der Waals surface area contributed by atoms with Crippen LogP contribution < -0.4 is 0 Å². The smallest absolute Gasteiger partial charge is 0.228 e. The Bertz CT molecular complexity index is 692. The van der Waals surface area contributed by atoms with Crippen LogP contribution in [0.25, 0.3) is 0 Å². The van der Waals surface area contributed by atoms with Crippen LogP contribution in [0.3, 0.4) is 0 Å². The number of nitrogens with zero attached hydrogens (tertiary/aromatic N) is 5. The number of aryl methyl sites for hydroxylation is 3. The number of amides is 1. The van der Waals surface area contributed by atoms with E-state index in [2.05, 4.69) is 22.0 Å². The van der Waals surface area contributed by atoms with Crippen molar-refractivity contribution < 1.29 is 4.79 Å². The molecule has 1 saturated heterocycles. The Balaban J connectivity index is 1.65. The molecule has 2 aromatic heterocycles. The zero-order valence-electron chi connectivity index (χ0n) is 13.9. The summed E-state index contributed by atoms with van der Waals surface area (Å²) in [6.07, 6.45) is 3.38. The molecule has 3 rings (SSSR count). The van der Waals surface area contributed by atoms with Crippen LogP contribution in [-0.2, 0) is 17.6 Å². The zero-order valence-corrected chi connectivity index (χ0v) is 14.8. The fourth-order valence-corrected chi connectivity index (χ4v) is 3.87. The second-order valence-corrected chi connectivity index (χ2v) is 6.99. The van der Waals surface area contributed by atoms with Crippen LogP contribution in [0.1, 0.15) is 48.2 Å². The number of likely N-dealkylation sites (tertiary alicyclic amines) is 1. The predicted octanol–water partition coefficient (Wildman–Crippen LogP) is 2.32. The quantitative estimate of drug-likeness (QED) is 0.861. The molecule has 0 spiro atoms. The van der Waals surface area contributed by atoms with Crippen molar-refractivity contribution in [3.63, 3.8) is 0 Å². The standard InChI is InChI=1S/C16H23N5OS/c1-4-15-18-13(10-23-15)8-16(22)20-7-5-6-14(9-20)21-12(3)17-11(2)19-21/h10,14H,4-9H2,1-3H3. The van der Waals surface area contributed by atoms with Gasteiger partial charge in [0.25, 0.3) is 0 Å². The topological polar surface area (TPSA) is 63.9 Å². The molecule has 1 aliphatic heterocycles. The summed E-state index contributed by atoms with van der Waals surface area (Å²) in [5.74, 6) is 1.88. The molecule has 1 atom stereocenters. The van der Waals surface area contributed by atoms with Crippen LogP contribution in [0.4, 0.5) is 0 Å². The molecular weight excluding hydrogens is 310 g/mol. The number of thiazole rings is 1. The van der Waals surface area contributed by atoms with Crippen LogP contribution in [0.15, 0.2) is 5.38 Å². The second kappa shape index (κ2) is 6.78. The normalized spacial score (nSPS) is 18.4. The highest BCUT2D eigenvalue weighted by Crippen LogP contribution is 2.23. The Labute approximate surface area is 140 Å². The minimum atomic E-state index is 0.164. The van der Waals surface area contributed by atoms with E-state index in [0.29, 0.717) is 13.0 Å². The molecule has 1 aliphatic rings. The van der Waals surface area contributed by atoms with Crippen molar-refractivity contribution in [1.82, 2.24) is 24.6 Å². The largest absolute Gasteiger partial charge is 0.340 e. The van der Waals surface area contributed by atoms with Gasteiger partial charge in [-0.2, -0.15) is 5.10 Å². The van der Waals surface area contributed by atoms with E-state index in [1.807, 2.05) is 28.8 Å². The summed E-state index contributed by atoms with van der Waals surface area (Å²) in [5, 5.41) is 7.58. The number of carbonyl (C=O) groups is 1. The molecule has 6 nitrogen and oxygen atoms in total. The molecule has 0 aliphatic carbocycles. The van der Waals surface area contributed by atoms with Crippen molar-refractivity contribution in [2.45, 2.75) is 52.5 Å². The Kier molecular flexibility index (Phi) is 4.75. The molecular formula is C16H23N5OS. The van der Waals surface area contributed by atoms with Gasteiger partial charge in [-0.3, -0.25) is 4.79 Å².